The SMILES string of the molecule is c1ccc(-c2cc(-c3ccccc3)nc(-c3cccc(-n4c5ccccc5c5c4ccc4c6ccccc6c6cc7ccccc7n6c45)c3)n2)cc1. The number of fused-ring (bicyclic) bond motifs is 12. The van der Waals surface area contributed by atoms with Gasteiger partial charge >= 0.3 is 0 Å². The van der Waals surface area contributed by atoms with E-state index < -0.39 is 0 Å². The maximum atomic E-state index is 5.15. The molecule has 242 valence electrons. The van der Waals surface area contributed by atoms with E-state index >= 15 is 0 Å². The van der Waals surface area contributed by atoms with E-state index in [9.17, 15) is 0 Å². The summed E-state index contributed by atoms with van der Waals surface area (Å²) in [4.78, 5) is 10.3. The summed E-state index contributed by atoms with van der Waals surface area (Å²) in [5.41, 5.74) is 11.9. The van der Waals surface area contributed by atoms with Gasteiger partial charge in [0.1, 0.15) is 0 Å². The topological polar surface area (TPSA) is 35.1 Å². The minimum atomic E-state index is 0.695. The zero-order valence-electron chi connectivity index (χ0n) is 28.1. The van der Waals surface area contributed by atoms with Gasteiger partial charge in [-0.3, -0.25) is 0 Å². The first kappa shape index (κ1) is 28.8. The van der Waals surface area contributed by atoms with Gasteiger partial charge in [0, 0.05) is 49.3 Å². The molecule has 52 heavy (non-hydrogen) atoms. The second-order valence-electron chi connectivity index (χ2n) is 13.4. The number of nitrogens with zero attached hydrogens (tertiary/aromatic N) is 4. The lowest BCUT2D eigenvalue weighted by molar-refractivity contribution is 1.16. The highest BCUT2D eigenvalue weighted by Crippen LogP contribution is 2.42. The first-order valence-electron chi connectivity index (χ1n) is 17.7. The lowest BCUT2D eigenvalue weighted by Crippen LogP contribution is -1.98. The largest absolute Gasteiger partial charge is 0.309 e. The second kappa shape index (κ2) is 11.2. The van der Waals surface area contributed by atoms with Gasteiger partial charge in [0.25, 0.3) is 0 Å². The summed E-state index contributed by atoms with van der Waals surface area (Å²) in [6.45, 7) is 0. The molecular weight excluding hydrogens is 633 g/mol. The summed E-state index contributed by atoms with van der Waals surface area (Å²) >= 11 is 0. The van der Waals surface area contributed by atoms with Gasteiger partial charge in [-0.15, -0.1) is 0 Å². The predicted octanol–water partition coefficient (Wildman–Crippen LogP) is 12.3. The Morgan fingerprint density at radius 2 is 0.981 bits per heavy atom. The molecule has 0 unspecified atom stereocenters. The van der Waals surface area contributed by atoms with Crippen LogP contribution in [0.5, 0.6) is 0 Å². The van der Waals surface area contributed by atoms with Gasteiger partial charge < -0.3 is 8.97 Å². The number of benzene rings is 7. The van der Waals surface area contributed by atoms with Crippen LogP contribution >= 0.6 is 0 Å². The minimum Gasteiger partial charge on any atom is -0.309 e. The maximum Gasteiger partial charge on any atom is 0.160 e. The number of hydrogen-bond donors (Lipinski definition) is 0. The summed E-state index contributed by atoms with van der Waals surface area (Å²) in [7, 11) is 0. The molecule has 0 saturated carbocycles. The standard InChI is InChI=1S/C48H30N4/c1-3-14-31(15-4-1)40-30-41(32-16-5-2-6-17-32)50-48(49-40)34-19-13-20-35(28-34)51-43-25-12-10-23-39(43)46-44(51)27-26-38-36-21-8-9-22-37(36)45-29-33-18-7-11-24-42(33)52(45)47(38)46/h1-30H. The van der Waals surface area contributed by atoms with Gasteiger partial charge in [0.05, 0.1) is 39.0 Å². The van der Waals surface area contributed by atoms with Crippen molar-refractivity contribution in [2.75, 3.05) is 0 Å². The van der Waals surface area contributed by atoms with Crippen LogP contribution < -0.4 is 0 Å². The van der Waals surface area contributed by atoms with E-state index in [0.29, 0.717) is 5.82 Å². The molecule has 0 amide bonds. The molecular formula is C48H30N4. The quantitative estimate of drug-likeness (QED) is 0.176. The first-order valence-corrected chi connectivity index (χ1v) is 17.7. The van der Waals surface area contributed by atoms with Crippen molar-refractivity contribution in [3.8, 4) is 39.6 Å². The number of para-hydroxylation sites is 2. The third kappa shape index (κ3) is 4.28. The molecule has 0 aliphatic rings. The Morgan fingerprint density at radius 3 is 1.73 bits per heavy atom. The monoisotopic (exact) mass is 662 g/mol. The molecule has 0 radical (unpaired) electrons. The van der Waals surface area contributed by atoms with Crippen LogP contribution in [-0.2, 0) is 0 Å². The zero-order chi connectivity index (χ0) is 34.2. The highest BCUT2D eigenvalue weighted by atomic mass is 15.0. The average molecular weight is 663 g/mol. The number of rotatable bonds is 4. The van der Waals surface area contributed by atoms with Crippen LogP contribution in [0.4, 0.5) is 0 Å². The van der Waals surface area contributed by atoms with Gasteiger partial charge in [0.2, 0.25) is 0 Å². The van der Waals surface area contributed by atoms with Crippen molar-refractivity contribution in [1.29, 1.82) is 0 Å². The molecule has 4 heterocycles. The Labute approximate surface area is 299 Å². The molecule has 0 aliphatic carbocycles. The highest BCUT2D eigenvalue weighted by molar-refractivity contribution is 6.27. The zero-order valence-corrected chi connectivity index (χ0v) is 28.1. The third-order valence-corrected chi connectivity index (χ3v) is 10.5. The molecule has 4 aromatic heterocycles. The summed E-state index contributed by atoms with van der Waals surface area (Å²) in [6.07, 6.45) is 0. The molecule has 0 atom stereocenters. The second-order valence-corrected chi connectivity index (χ2v) is 13.4. The van der Waals surface area contributed by atoms with Crippen LogP contribution in [-0.4, -0.2) is 18.9 Å². The fourth-order valence-electron chi connectivity index (χ4n) is 8.18. The van der Waals surface area contributed by atoms with Crippen molar-refractivity contribution in [3.05, 3.63) is 182 Å². The van der Waals surface area contributed by atoms with Crippen LogP contribution in [0, 0.1) is 0 Å². The first-order chi connectivity index (χ1) is 25.8. The Morgan fingerprint density at radius 1 is 0.365 bits per heavy atom. The van der Waals surface area contributed by atoms with E-state index in [0.717, 1.165) is 44.8 Å². The molecule has 7 aromatic carbocycles. The fraction of sp³-hybridized carbons (Fsp3) is 0. The van der Waals surface area contributed by atoms with Crippen LogP contribution in [0.1, 0.15) is 0 Å². The van der Waals surface area contributed by atoms with E-state index in [-0.39, 0.29) is 0 Å². The maximum absolute atomic E-state index is 5.15. The Hall–Kier alpha value is -7.04. The van der Waals surface area contributed by atoms with Crippen molar-refractivity contribution in [1.82, 2.24) is 18.9 Å². The van der Waals surface area contributed by atoms with Crippen molar-refractivity contribution in [2.24, 2.45) is 0 Å². The highest BCUT2D eigenvalue weighted by Gasteiger charge is 2.20. The lowest BCUT2D eigenvalue weighted by Gasteiger charge is -2.13. The van der Waals surface area contributed by atoms with Gasteiger partial charge in [-0.25, -0.2) is 9.97 Å². The molecule has 0 aliphatic heterocycles. The van der Waals surface area contributed by atoms with Crippen molar-refractivity contribution in [3.63, 3.8) is 0 Å². The van der Waals surface area contributed by atoms with Crippen LogP contribution in [0.15, 0.2) is 182 Å². The molecule has 4 nitrogen and oxygen atoms in total. The van der Waals surface area contributed by atoms with Crippen LogP contribution in [0.2, 0.25) is 0 Å². The average Bonchev–Trinajstić information content (AvgIpc) is 3.78. The number of aromatic nitrogens is 4. The third-order valence-electron chi connectivity index (χ3n) is 10.5. The van der Waals surface area contributed by atoms with Gasteiger partial charge in [0.15, 0.2) is 5.82 Å². The van der Waals surface area contributed by atoms with E-state index in [2.05, 4.69) is 179 Å². The minimum absolute atomic E-state index is 0.695. The van der Waals surface area contributed by atoms with E-state index in [1.807, 2.05) is 12.1 Å². The summed E-state index contributed by atoms with van der Waals surface area (Å²) in [6, 6.07) is 64.7. The molecule has 0 bridgehead atoms. The summed E-state index contributed by atoms with van der Waals surface area (Å²) in [5, 5.41) is 7.46. The Balaban J connectivity index is 1.20. The predicted molar refractivity (Wildman–Crippen MR) is 216 cm³/mol. The smallest absolute Gasteiger partial charge is 0.160 e. The summed E-state index contributed by atoms with van der Waals surface area (Å²) in [5.74, 6) is 0.695. The van der Waals surface area contributed by atoms with Crippen molar-refractivity contribution >= 4 is 59.9 Å². The lowest BCUT2D eigenvalue weighted by atomic mass is 10.0. The molecule has 0 N–H and O–H groups in total. The molecule has 0 saturated heterocycles. The van der Waals surface area contributed by atoms with Crippen molar-refractivity contribution in [2.45, 2.75) is 0 Å². The Kier molecular flexibility index (Phi) is 6.22. The van der Waals surface area contributed by atoms with Gasteiger partial charge in [-0.2, -0.15) is 0 Å². The van der Waals surface area contributed by atoms with Crippen LogP contribution in [0.25, 0.3) is 99.5 Å². The molecule has 0 spiro atoms. The van der Waals surface area contributed by atoms with Crippen molar-refractivity contribution < 1.29 is 0 Å². The molecule has 4 heteroatoms. The molecule has 0 fully saturated rings. The number of pyridine rings is 1. The van der Waals surface area contributed by atoms with Gasteiger partial charge in [-0.1, -0.05) is 140 Å². The fourth-order valence-corrected chi connectivity index (χ4v) is 8.18. The van der Waals surface area contributed by atoms with E-state index in [1.165, 1.54) is 48.9 Å². The van der Waals surface area contributed by atoms with E-state index in [1.54, 1.807) is 0 Å². The van der Waals surface area contributed by atoms with E-state index in [4.69, 9.17) is 9.97 Å². The van der Waals surface area contributed by atoms with Crippen LogP contribution in [0.3, 0.4) is 0 Å². The number of hydrogen-bond acceptors (Lipinski definition) is 2. The molecule has 11 rings (SSSR count). The van der Waals surface area contributed by atoms with Gasteiger partial charge in [-0.05, 0) is 47.9 Å². The Bertz CT molecular complexity index is 3110. The normalized spacial score (nSPS) is 11.8. The summed E-state index contributed by atoms with van der Waals surface area (Å²) < 4.78 is 4.88. The molecule has 11 aromatic rings.